The van der Waals surface area contributed by atoms with Crippen LogP contribution in [0.2, 0.25) is 0 Å². The number of nitrogens with one attached hydrogen (secondary N) is 1. The van der Waals surface area contributed by atoms with Gasteiger partial charge < -0.3 is 10.2 Å². The molecule has 1 aromatic heterocycles. The Morgan fingerprint density at radius 3 is 2.52 bits per heavy atom. The smallest absolute Gasteiger partial charge is 0.296 e. The number of ketones is 1. The maximum atomic E-state index is 13.2. The van der Waals surface area contributed by atoms with Crippen LogP contribution in [0.4, 0.5) is 11.5 Å². The second-order valence-electron chi connectivity index (χ2n) is 6.87. The highest BCUT2D eigenvalue weighted by Crippen LogP contribution is 2.29. The van der Waals surface area contributed by atoms with E-state index in [4.69, 9.17) is 0 Å². The molecule has 0 radical (unpaired) electrons. The van der Waals surface area contributed by atoms with E-state index in [2.05, 4.69) is 21.8 Å². The van der Waals surface area contributed by atoms with Gasteiger partial charge in [-0.15, -0.1) is 6.58 Å². The number of piperazine rings is 1. The fraction of sp³-hybridized carbons (Fsp3) is 0.250. The van der Waals surface area contributed by atoms with Gasteiger partial charge in [-0.2, -0.15) is 0 Å². The normalized spacial score (nSPS) is 18.3. The van der Waals surface area contributed by atoms with Gasteiger partial charge in [0.05, 0.1) is 16.1 Å². The van der Waals surface area contributed by atoms with Crippen molar-refractivity contribution in [1.82, 2.24) is 9.88 Å². The predicted molar refractivity (Wildman–Crippen MR) is 109 cm³/mol. The minimum absolute atomic E-state index is 0.00171. The third-order valence-electron chi connectivity index (χ3n) is 5.19. The number of fused-ring (bicyclic) bond motifs is 1. The number of amides is 1. The van der Waals surface area contributed by atoms with Crippen LogP contribution in [0, 0.1) is 0 Å². The van der Waals surface area contributed by atoms with Crippen molar-refractivity contribution >= 4 is 33.0 Å². The third kappa shape index (κ3) is 3.43. The van der Waals surface area contributed by atoms with Gasteiger partial charge in [0.2, 0.25) is 0 Å². The molecule has 1 amide bonds. The summed E-state index contributed by atoms with van der Waals surface area (Å²) in [7, 11) is -3.81. The zero-order valence-corrected chi connectivity index (χ0v) is 16.4. The van der Waals surface area contributed by atoms with E-state index in [-0.39, 0.29) is 10.5 Å². The standard InChI is InChI=1S/C20H20N4O4S/c1-2-18(24-11-9-23(10-12-24)17-5-3-4-8-21-17)29(27,28)14-6-7-16-15(13-14)19(25)20(26)22-16/h2-8,13,18H,1,9-12H2,(H,22,25,26). The highest BCUT2D eigenvalue weighted by Gasteiger charge is 2.35. The van der Waals surface area contributed by atoms with E-state index in [0.717, 1.165) is 5.82 Å². The van der Waals surface area contributed by atoms with Crippen LogP contribution in [-0.4, -0.2) is 61.5 Å². The van der Waals surface area contributed by atoms with Gasteiger partial charge in [-0.05, 0) is 30.3 Å². The summed E-state index contributed by atoms with van der Waals surface area (Å²) >= 11 is 0. The fourth-order valence-corrected chi connectivity index (χ4v) is 5.33. The molecule has 2 aliphatic heterocycles. The molecule has 9 heteroatoms. The monoisotopic (exact) mass is 412 g/mol. The van der Waals surface area contributed by atoms with Gasteiger partial charge in [-0.25, -0.2) is 13.4 Å². The van der Waals surface area contributed by atoms with Crippen LogP contribution in [0.15, 0.2) is 60.1 Å². The summed E-state index contributed by atoms with van der Waals surface area (Å²) in [6.45, 7) is 6.05. The van der Waals surface area contributed by atoms with E-state index >= 15 is 0 Å². The van der Waals surface area contributed by atoms with Crippen LogP contribution >= 0.6 is 0 Å². The largest absolute Gasteiger partial charge is 0.354 e. The van der Waals surface area contributed by atoms with Crippen LogP contribution in [0.25, 0.3) is 0 Å². The van der Waals surface area contributed by atoms with Gasteiger partial charge in [0.1, 0.15) is 11.2 Å². The maximum Gasteiger partial charge on any atom is 0.296 e. The van der Waals surface area contributed by atoms with E-state index in [1.807, 2.05) is 23.1 Å². The Morgan fingerprint density at radius 1 is 1.10 bits per heavy atom. The molecule has 4 rings (SSSR count). The SMILES string of the molecule is C=CC(N1CCN(c2ccccn2)CC1)S(=O)(=O)c1ccc2c(c1)C(=O)C(=O)N2. The molecule has 2 aromatic rings. The molecule has 2 aliphatic rings. The second kappa shape index (κ2) is 7.41. The zero-order chi connectivity index (χ0) is 20.6. The van der Waals surface area contributed by atoms with Crippen molar-refractivity contribution in [3.8, 4) is 0 Å². The summed E-state index contributed by atoms with van der Waals surface area (Å²) in [5, 5.41) is 1.50. The van der Waals surface area contributed by atoms with E-state index in [1.165, 1.54) is 24.3 Å². The van der Waals surface area contributed by atoms with Crippen LogP contribution in [0.3, 0.4) is 0 Å². The molecule has 8 nitrogen and oxygen atoms in total. The lowest BCUT2D eigenvalue weighted by Gasteiger charge is -2.38. The number of hydrogen-bond acceptors (Lipinski definition) is 7. The van der Waals surface area contributed by atoms with Crippen molar-refractivity contribution in [1.29, 1.82) is 0 Å². The van der Waals surface area contributed by atoms with Crippen molar-refractivity contribution in [2.45, 2.75) is 10.3 Å². The van der Waals surface area contributed by atoms with Crippen molar-refractivity contribution in [3.63, 3.8) is 0 Å². The Labute approximate surface area is 168 Å². The van der Waals surface area contributed by atoms with E-state index in [0.29, 0.717) is 31.9 Å². The highest BCUT2D eigenvalue weighted by atomic mass is 32.2. The van der Waals surface area contributed by atoms with E-state index in [9.17, 15) is 18.0 Å². The van der Waals surface area contributed by atoms with E-state index in [1.54, 1.807) is 6.20 Å². The Balaban J connectivity index is 1.54. The molecular weight excluding hydrogens is 392 g/mol. The summed E-state index contributed by atoms with van der Waals surface area (Å²) in [6, 6.07) is 9.82. The fourth-order valence-electron chi connectivity index (χ4n) is 3.66. The van der Waals surface area contributed by atoms with Gasteiger partial charge in [0, 0.05) is 32.4 Å². The Hall–Kier alpha value is -3.04. The van der Waals surface area contributed by atoms with Crippen LogP contribution in [0.1, 0.15) is 10.4 Å². The van der Waals surface area contributed by atoms with Crippen molar-refractivity contribution in [2.75, 3.05) is 36.4 Å². The average molecular weight is 412 g/mol. The maximum absolute atomic E-state index is 13.2. The molecule has 150 valence electrons. The summed E-state index contributed by atoms with van der Waals surface area (Å²) in [5.41, 5.74) is 0.414. The summed E-state index contributed by atoms with van der Waals surface area (Å²) in [6.07, 6.45) is 3.14. The molecular formula is C20H20N4O4S. The molecule has 0 saturated carbocycles. The van der Waals surface area contributed by atoms with Crippen LogP contribution in [0.5, 0.6) is 0 Å². The number of carbonyl (C=O) groups excluding carboxylic acids is 2. The summed E-state index contributed by atoms with van der Waals surface area (Å²) in [4.78, 5) is 31.8. The number of nitrogens with zero attached hydrogens (tertiary/aromatic N) is 3. The molecule has 0 aliphatic carbocycles. The number of aromatic nitrogens is 1. The number of pyridine rings is 1. The molecule has 1 aromatic carbocycles. The molecule has 3 heterocycles. The predicted octanol–water partition coefficient (Wildman–Crippen LogP) is 1.32. The molecule has 29 heavy (non-hydrogen) atoms. The van der Waals surface area contributed by atoms with Gasteiger partial charge in [0.25, 0.3) is 11.7 Å². The van der Waals surface area contributed by atoms with Crippen molar-refractivity contribution in [2.24, 2.45) is 0 Å². The molecule has 1 unspecified atom stereocenters. The lowest BCUT2D eigenvalue weighted by molar-refractivity contribution is -0.112. The number of benzene rings is 1. The number of anilines is 2. The lowest BCUT2D eigenvalue weighted by atomic mass is 10.1. The quantitative estimate of drug-likeness (QED) is 0.584. The first-order valence-corrected chi connectivity index (χ1v) is 10.7. The minimum atomic E-state index is -3.81. The van der Waals surface area contributed by atoms with E-state index < -0.39 is 26.9 Å². The summed E-state index contributed by atoms with van der Waals surface area (Å²) < 4.78 is 26.5. The Kier molecular flexibility index (Phi) is 4.93. The molecule has 1 fully saturated rings. The van der Waals surface area contributed by atoms with Crippen molar-refractivity contribution < 1.29 is 18.0 Å². The van der Waals surface area contributed by atoms with Gasteiger partial charge in [-0.3, -0.25) is 14.5 Å². The molecule has 1 atom stereocenters. The average Bonchev–Trinajstić information content (AvgIpc) is 3.03. The molecule has 1 N–H and O–H groups in total. The Morgan fingerprint density at radius 2 is 1.86 bits per heavy atom. The first kappa shape index (κ1) is 19.3. The Bertz CT molecular complexity index is 1080. The zero-order valence-electron chi connectivity index (χ0n) is 15.6. The van der Waals surface area contributed by atoms with Gasteiger partial charge >= 0.3 is 0 Å². The molecule has 0 spiro atoms. The molecule has 0 bridgehead atoms. The van der Waals surface area contributed by atoms with Crippen LogP contribution in [-0.2, 0) is 14.6 Å². The van der Waals surface area contributed by atoms with Gasteiger partial charge in [-0.1, -0.05) is 12.1 Å². The summed E-state index contributed by atoms with van der Waals surface area (Å²) in [5.74, 6) is -0.615. The lowest BCUT2D eigenvalue weighted by Crippen LogP contribution is -2.52. The first-order valence-electron chi connectivity index (χ1n) is 9.18. The topological polar surface area (TPSA) is 99.7 Å². The van der Waals surface area contributed by atoms with Crippen molar-refractivity contribution in [3.05, 3.63) is 60.8 Å². The number of hydrogen-bond donors (Lipinski definition) is 1. The number of Topliss-reactive ketones (excluding diaryl/α,β-unsaturated/α-hetero) is 1. The number of rotatable bonds is 5. The molecule has 1 saturated heterocycles. The second-order valence-corrected chi connectivity index (χ2v) is 8.92. The number of carbonyl (C=O) groups is 2. The number of sulfone groups is 1. The third-order valence-corrected chi connectivity index (χ3v) is 7.22. The van der Waals surface area contributed by atoms with Gasteiger partial charge in [0.15, 0.2) is 9.84 Å². The first-order chi connectivity index (χ1) is 13.9. The minimum Gasteiger partial charge on any atom is -0.354 e. The highest BCUT2D eigenvalue weighted by molar-refractivity contribution is 7.92. The van der Waals surface area contributed by atoms with Crippen LogP contribution < -0.4 is 10.2 Å².